The van der Waals surface area contributed by atoms with Crippen LogP contribution in [0.5, 0.6) is 0 Å². The first-order valence-electron chi connectivity index (χ1n) is 6.58. The molecule has 1 fully saturated rings. The molecule has 18 heavy (non-hydrogen) atoms. The van der Waals surface area contributed by atoms with Crippen molar-refractivity contribution in [1.82, 2.24) is 9.80 Å². The van der Waals surface area contributed by atoms with Gasteiger partial charge in [-0.25, -0.2) is 0 Å². The molecule has 0 spiro atoms. The van der Waals surface area contributed by atoms with E-state index in [4.69, 9.17) is 0 Å². The fourth-order valence-corrected chi connectivity index (χ4v) is 2.17. The molecule has 2 aliphatic rings. The van der Waals surface area contributed by atoms with Gasteiger partial charge in [0.05, 0.1) is 5.57 Å². The van der Waals surface area contributed by atoms with Crippen LogP contribution in [0.1, 0.15) is 20.3 Å². The molecule has 0 atom stereocenters. The van der Waals surface area contributed by atoms with Crippen LogP contribution in [-0.4, -0.2) is 48.4 Å². The molecule has 3 heteroatoms. The largest absolute Gasteiger partial charge is 0.336 e. The molecule has 0 aromatic rings. The number of carbonyl (C=O) groups excluding carboxylic acids is 1. The SMILES string of the molecule is CCN1CCN(C(=O)C2=CC=C(C)CC#C2)CC1. The number of piperazine rings is 1. The lowest BCUT2D eigenvalue weighted by molar-refractivity contribution is -0.128. The summed E-state index contributed by atoms with van der Waals surface area (Å²) < 4.78 is 0. The molecule has 0 radical (unpaired) electrons. The van der Waals surface area contributed by atoms with Crippen molar-refractivity contribution >= 4 is 5.91 Å². The van der Waals surface area contributed by atoms with Crippen LogP contribution in [0, 0.1) is 11.8 Å². The number of rotatable bonds is 2. The normalized spacial score (nSPS) is 20.4. The Bertz CT molecular complexity index is 443. The summed E-state index contributed by atoms with van der Waals surface area (Å²) >= 11 is 0. The maximum absolute atomic E-state index is 12.3. The Morgan fingerprint density at radius 2 is 2.00 bits per heavy atom. The zero-order valence-corrected chi connectivity index (χ0v) is 11.2. The van der Waals surface area contributed by atoms with Crippen LogP contribution in [-0.2, 0) is 4.79 Å². The number of hydrogen-bond donors (Lipinski definition) is 0. The molecule has 0 N–H and O–H groups in total. The summed E-state index contributed by atoms with van der Waals surface area (Å²) in [4.78, 5) is 16.6. The monoisotopic (exact) mass is 244 g/mol. The van der Waals surface area contributed by atoms with E-state index < -0.39 is 0 Å². The molecule has 0 bridgehead atoms. The van der Waals surface area contributed by atoms with Gasteiger partial charge in [-0.15, -0.1) is 0 Å². The first-order chi connectivity index (χ1) is 8.70. The quantitative estimate of drug-likeness (QED) is 0.686. The van der Waals surface area contributed by atoms with Crippen molar-refractivity contribution in [3.8, 4) is 11.8 Å². The van der Waals surface area contributed by atoms with Crippen LogP contribution in [0.4, 0.5) is 0 Å². The van der Waals surface area contributed by atoms with Gasteiger partial charge < -0.3 is 9.80 Å². The second-order valence-corrected chi connectivity index (χ2v) is 4.80. The van der Waals surface area contributed by atoms with E-state index in [-0.39, 0.29) is 5.91 Å². The van der Waals surface area contributed by atoms with Gasteiger partial charge in [0.25, 0.3) is 5.91 Å². The molecule has 0 aromatic carbocycles. The Kier molecular flexibility index (Phi) is 4.22. The van der Waals surface area contributed by atoms with Crippen molar-refractivity contribution in [1.29, 1.82) is 0 Å². The van der Waals surface area contributed by atoms with E-state index in [0.29, 0.717) is 5.57 Å². The zero-order valence-electron chi connectivity index (χ0n) is 11.2. The molecule has 0 saturated carbocycles. The van der Waals surface area contributed by atoms with Crippen molar-refractivity contribution in [2.75, 3.05) is 32.7 Å². The fraction of sp³-hybridized carbons (Fsp3) is 0.533. The molecule has 3 nitrogen and oxygen atoms in total. The van der Waals surface area contributed by atoms with Crippen LogP contribution >= 0.6 is 0 Å². The highest BCUT2D eigenvalue weighted by atomic mass is 16.2. The minimum atomic E-state index is 0.0872. The van der Waals surface area contributed by atoms with Crippen molar-refractivity contribution < 1.29 is 4.79 Å². The van der Waals surface area contributed by atoms with E-state index >= 15 is 0 Å². The molecule has 1 amide bonds. The Morgan fingerprint density at radius 1 is 1.28 bits per heavy atom. The summed E-state index contributed by atoms with van der Waals surface area (Å²) in [5, 5.41) is 0. The topological polar surface area (TPSA) is 23.6 Å². The van der Waals surface area contributed by atoms with Crippen LogP contribution in [0.3, 0.4) is 0 Å². The van der Waals surface area contributed by atoms with Crippen molar-refractivity contribution in [3.05, 3.63) is 23.3 Å². The van der Waals surface area contributed by atoms with Gasteiger partial charge in [0.2, 0.25) is 0 Å². The minimum absolute atomic E-state index is 0.0872. The summed E-state index contributed by atoms with van der Waals surface area (Å²) in [5.74, 6) is 6.12. The lowest BCUT2D eigenvalue weighted by Gasteiger charge is -2.34. The average Bonchev–Trinajstić information content (AvgIpc) is 2.63. The molecule has 2 rings (SSSR count). The number of amides is 1. The van der Waals surface area contributed by atoms with Crippen LogP contribution in [0.15, 0.2) is 23.3 Å². The third kappa shape index (κ3) is 3.02. The predicted molar refractivity (Wildman–Crippen MR) is 72.9 cm³/mol. The molecule has 1 aliphatic heterocycles. The van der Waals surface area contributed by atoms with Gasteiger partial charge in [-0.3, -0.25) is 4.79 Å². The van der Waals surface area contributed by atoms with Crippen molar-refractivity contribution in [3.63, 3.8) is 0 Å². The number of nitrogens with zero attached hydrogens (tertiary/aromatic N) is 2. The Hall–Kier alpha value is -1.53. The molecular formula is C15H20N2O. The molecule has 1 heterocycles. The fourth-order valence-electron chi connectivity index (χ4n) is 2.17. The standard InChI is InChI=1S/C15H20N2O/c1-3-16-9-11-17(12-10-16)15(18)14-6-4-5-13(2)7-8-14/h7-8H,3,5,9-12H2,1-2H3. The third-order valence-corrected chi connectivity index (χ3v) is 3.46. The summed E-state index contributed by atoms with van der Waals surface area (Å²) in [6, 6.07) is 0. The van der Waals surface area contributed by atoms with Gasteiger partial charge in [0.15, 0.2) is 0 Å². The molecule has 96 valence electrons. The van der Waals surface area contributed by atoms with Crippen LogP contribution in [0.25, 0.3) is 0 Å². The lowest BCUT2D eigenvalue weighted by atomic mass is 10.2. The van der Waals surface area contributed by atoms with E-state index in [9.17, 15) is 4.79 Å². The number of carbonyl (C=O) groups is 1. The van der Waals surface area contributed by atoms with Crippen molar-refractivity contribution in [2.24, 2.45) is 0 Å². The van der Waals surface area contributed by atoms with E-state index in [1.54, 1.807) is 0 Å². The van der Waals surface area contributed by atoms with E-state index in [1.807, 2.05) is 24.0 Å². The minimum Gasteiger partial charge on any atom is -0.336 e. The Morgan fingerprint density at radius 3 is 2.67 bits per heavy atom. The summed E-state index contributed by atoms with van der Waals surface area (Å²) in [6.45, 7) is 8.83. The number of allylic oxidation sites excluding steroid dienone is 3. The highest BCUT2D eigenvalue weighted by Gasteiger charge is 2.22. The first kappa shape index (κ1) is 12.9. The highest BCUT2D eigenvalue weighted by Crippen LogP contribution is 2.10. The Balaban J connectivity index is 2.01. The van der Waals surface area contributed by atoms with Gasteiger partial charge in [-0.2, -0.15) is 0 Å². The zero-order chi connectivity index (χ0) is 13.0. The van der Waals surface area contributed by atoms with Crippen molar-refractivity contribution in [2.45, 2.75) is 20.3 Å². The van der Waals surface area contributed by atoms with Gasteiger partial charge in [0.1, 0.15) is 0 Å². The van der Waals surface area contributed by atoms with Gasteiger partial charge in [-0.1, -0.05) is 30.4 Å². The van der Waals surface area contributed by atoms with Gasteiger partial charge >= 0.3 is 0 Å². The summed E-state index contributed by atoms with van der Waals surface area (Å²) in [6.07, 6.45) is 4.61. The second-order valence-electron chi connectivity index (χ2n) is 4.80. The molecule has 0 unspecified atom stereocenters. The van der Waals surface area contributed by atoms with Crippen LogP contribution < -0.4 is 0 Å². The van der Waals surface area contributed by atoms with Gasteiger partial charge in [-0.05, 0) is 19.5 Å². The third-order valence-electron chi connectivity index (χ3n) is 3.46. The lowest BCUT2D eigenvalue weighted by Crippen LogP contribution is -2.48. The predicted octanol–water partition coefficient (Wildman–Crippen LogP) is 1.43. The molecule has 1 aliphatic carbocycles. The van der Waals surface area contributed by atoms with Gasteiger partial charge in [0, 0.05) is 32.6 Å². The number of likely N-dealkylation sites (N-methyl/N-ethyl adjacent to an activating group) is 1. The van der Waals surface area contributed by atoms with E-state index in [1.165, 1.54) is 5.57 Å². The van der Waals surface area contributed by atoms with E-state index in [0.717, 1.165) is 39.1 Å². The molecule has 0 aromatic heterocycles. The first-order valence-corrected chi connectivity index (χ1v) is 6.58. The average molecular weight is 244 g/mol. The molecule has 1 saturated heterocycles. The Labute approximate surface area is 109 Å². The highest BCUT2D eigenvalue weighted by molar-refractivity contribution is 5.98. The summed E-state index contributed by atoms with van der Waals surface area (Å²) in [7, 11) is 0. The molecular weight excluding hydrogens is 224 g/mol. The second kappa shape index (κ2) is 5.88. The van der Waals surface area contributed by atoms with Crippen LogP contribution in [0.2, 0.25) is 0 Å². The maximum atomic E-state index is 12.3. The number of hydrogen-bond acceptors (Lipinski definition) is 2. The smallest absolute Gasteiger partial charge is 0.262 e. The summed E-state index contributed by atoms with van der Waals surface area (Å²) in [5.41, 5.74) is 1.85. The maximum Gasteiger partial charge on any atom is 0.262 e. The van der Waals surface area contributed by atoms with E-state index in [2.05, 4.69) is 23.7 Å².